The Morgan fingerprint density at radius 3 is 2.22 bits per heavy atom. The number of allylic oxidation sites excluding steroid dienone is 8. The van der Waals surface area contributed by atoms with Crippen LogP contribution in [0.4, 0.5) is 0 Å². The Labute approximate surface area is 149 Å². The minimum atomic E-state index is 0.533. The van der Waals surface area contributed by atoms with Gasteiger partial charge in [0.25, 0.3) is 0 Å². The van der Waals surface area contributed by atoms with Gasteiger partial charge in [0.1, 0.15) is 0 Å². The lowest BCUT2D eigenvalue weighted by Gasteiger charge is -2.22. The SMILES string of the molecule is C/C=C(/CCC)NC(=C(C)C=C(C)C(C)=CC=S)C(C)CCC. The third kappa shape index (κ3) is 8.31. The molecule has 23 heavy (non-hydrogen) atoms. The molecular formula is C21H35NS. The zero-order chi connectivity index (χ0) is 17.8. The molecule has 0 aromatic carbocycles. The van der Waals surface area contributed by atoms with E-state index in [1.807, 2.05) is 6.08 Å². The average molecular weight is 334 g/mol. The van der Waals surface area contributed by atoms with Gasteiger partial charge in [0.2, 0.25) is 0 Å². The van der Waals surface area contributed by atoms with Gasteiger partial charge in [0, 0.05) is 16.8 Å². The highest BCUT2D eigenvalue weighted by molar-refractivity contribution is 7.79. The Balaban J connectivity index is 5.66. The highest BCUT2D eigenvalue weighted by atomic mass is 32.1. The summed E-state index contributed by atoms with van der Waals surface area (Å²) in [5.41, 5.74) is 6.48. The van der Waals surface area contributed by atoms with Gasteiger partial charge in [-0.1, -0.05) is 58.0 Å². The second-order valence-electron chi connectivity index (χ2n) is 6.29. The van der Waals surface area contributed by atoms with E-state index < -0.39 is 0 Å². The fraction of sp³-hybridized carbons (Fsp3) is 0.571. The maximum atomic E-state index is 4.93. The first-order valence-corrected chi connectivity index (χ1v) is 9.31. The first-order valence-electron chi connectivity index (χ1n) is 8.84. The molecule has 0 amide bonds. The lowest BCUT2D eigenvalue weighted by atomic mass is 9.96. The average Bonchev–Trinajstić information content (AvgIpc) is 2.51. The van der Waals surface area contributed by atoms with E-state index in [2.05, 4.69) is 65.9 Å². The van der Waals surface area contributed by atoms with Crippen molar-refractivity contribution in [2.75, 3.05) is 0 Å². The van der Waals surface area contributed by atoms with Crippen LogP contribution in [0.5, 0.6) is 0 Å². The number of hydrogen-bond donors (Lipinski definition) is 1. The van der Waals surface area contributed by atoms with Gasteiger partial charge in [-0.25, -0.2) is 0 Å². The van der Waals surface area contributed by atoms with Crippen LogP contribution in [0.1, 0.15) is 74.1 Å². The quantitative estimate of drug-likeness (QED) is 0.265. The molecule has 1 atom stereocenters. The summed E-state index contributed by atoms with van der Waals surface area (Å²) in [4.78, 5) is 0. The van der Waals surface area contributed by atoms with Gasteiger partial charge in [-0.15, -0.1) is 0 Å². The van der Waals surface area contributed by atoms with Crippen molar-refractivity contribution >= 4 is 17.6 Å². The first-order chi connectivity index (χ1) is 10.9. The molecule has 0 aliphatic rings. The third-order valence-corrected chi connectivity index (χ3v) is 4.31. The molecule has 1 N–H and O–H groups in total. The molecule has 0 aromatic heterocycles. The second kappa shape index (κ2) is 12.3. The predicted octanol–water partition coefficient (Wildman–Crippen LogP) is 6.88. The topological polar surface area (TPSA) is 12.0 Å². The van der Waals surface area contributed by atoms with Crippen molar-refractivity contribution in [2.45, 2.75) is 74.1 Å². The number of rotatable bonds is 10. The molecule has 0 bridgehead atoms. The molecule has 0 radical (unpaired) electrons. The van der Waals surface area contributed by atoms with E-state index >= 15 is 0 Å². The summed E-state index contributed by atoms with van der Waals surface area (Å²) in [5, 5.41) is 5.40. The highest BCUT2D eigenvalue weighted by Gasteiger charge is 2.12. The smallest absolute Gasteiger partial charge is 0.0207 e. The minimum absolute atomic E-state index is 0.533. The molecule has 1 nitrogen and oxygen atoms in total. The standard InChI is InChI=1S/C21H35NS/c1-8-11-17(5)21(22-20(10-3)12-9-2)19(7)15-18(6)16(4)13-14-23/h10,13-15,17,22H,8-9,11-12H2,1-7H3/b16-13?,18-15?,20-10-,21-19?. The van der Waals surface area contributed by atoms with Crippen molar-refractivity contribution in [1.82, 2.24) is 5.32 Å². The largest absolute Gasteiger partial charge is 0.362 e. The monoisotopic (exact) mass is 333 g/mol. The summed E-state index contributed by atoms with van der Waals surface area (Å²) in [7, 11) is 0. The number of nitrogens with one attached hydrogen (secondary N) is 1. The zero-order valence-electron chi connectivity index (χ0n) is 16.1. The van der Waals surface area contributed by atoms with Gasteiger partial charge in [-0.2, -0.15) is 0 Å². The summed E-state index contributed by atoms with van der Waals surface area (Å²) in [6.45, 7) is 15.4. The van der Waals surface area contributed by atoms with Crippen LogP contribution in [-0.2, 0) is 0 Å². The second-order valence-corrected chi connectivity index (χ2v) is 6.56. The van der Waals surface area contributed by atoms with Gasteiger partial charge in [0.15, 0.2) is 0 Å². The van der Waals surface area contributed by atoms with E-state index in [1.54, 1.807) is 5.37 Å². The number of thiocarbonyl (C=S) groups is 1. The summed E-state index contributed by atoms with van der Waals surface area (Å²) >= 11 is 4.93. The van der Waals surface area contributed by atoms with Gasteiger partial charge < -0.3 is 5.32 Å². The van der Waals surface area contributed by atoms with Gasteiger partial charge in [-0.3, -0.25) is 0 Å². The van der Waals surface area contributed by atoms with Crippen molar-refractivity contribution in [1.29, 1.82) is 0 Å². The van der Waals surface area contributed by atoms with Crippen LogP contribution in [0, 0.1) is 5.92 Å². The molecule has 0 rings (SSSR count). The van der Waals surface area contributed by atoms with E-state index in [0.717, 1.165) is 12.8 Å². The molecule has 130 valence electrons. The van der Waals surface area contributed by atoms with Crippen LogP contribution in [0.2, 0.25) is 0 Å². The minimum Gasteiger partial charge on any atom is -0.362 e. The summed E-state index contributed by atoms with van der Waals surface area (Å²) in [5.74, 6) is 0.533. The number of hydrogen-bond acceptors (Lipinski definition) is 2. The van der Waals surface area contributed by atoms with E-state index in [4.69, 9.17) is 12.2 Å². The summed E-state index contributed by atoms with van der Waals surface area (Å²) in [6, 6.07) is 0. The van der Waals surface area contributed by atoms with Gasteiger partial charge >= 0.3 is 0 Å². The van der Waals surface area contributed by atoms with E-state index in [-0.39, 0.29) is 0 Å². The molecule has 1 unspecified atom stereocenters. The normalized spacial score (nSPS) is 16.0. The van der Waals surface area contributed by atoms with Crippen LogP contribution < -0.4 is 5.32 Å². The Hall–Kier alpha value is -1.15. The van der Waals surface area contributed by atoms with E-state index in [0.29, 0.717) is 5.92 Å². The molecule has 0 aliphatic heterocycles. The lowest BCUT2D eigenvalue weighted by Crippen LogP contribution is -2.20. The van der Waals surface area contributed by atoms with Crippen LogP contribution in [-0.4, -0.2) is 5.37 Å². The molecule has 0 saturated heterocycles. The molecule has 0 aliphatic carbocycles. The van der Waals surface area contributed by atoms with Gasteiger partial charge in [-0.05, 0) is 69.2 Å². The molecule has 0 heterocycles. The van der Waals surface area contributed by atoms with Crippen molar-refractivity contribution < 1.29 is 0 Å². The predicted molar refractivity (Wildman–Crippen MR) is 110 cm³/mol. The zero-order valence-corrected chi connectivity index (χ0v) is 16.9. The highest BCUT2D eigenvalue weighted by Crippen LogP contribution is 2.22. The molecule has 0 fully saturated rings. The molecular weight excluding hydrogens is 298 g/mol. The molecule has 0 saturated carbocycles. The van der Waals surface area contributed by atoms with Crippen molar-refractivity contribution in [3.8, 4) is 0 Å². The van der Waals surface area contributed by atoms with Crippen molar-refractivity contribution in [3.05, 3.63) is 46.3 Å². The maximum absolute atomic E-state index is 4.93. The Morgan fingerprint density at radius 1 is 1.09 bits per heavy atom. The Morgan fingerprint density at radius 2 is 1.74 bits per heavy atom. The third-order valence-electron chi connectivity index (χ3n) is 4.18. The summed E-state index contributed by atoms with van der Waals surface area (Å²) < 4.78 is 0. The van der Waals surface area contributed by atoms with E-state index in [9.17, 15) is 0 Å². The van der Waals surface area contributed by atoms with Crippen molar-refractivity contribution in [2.24, 2.45) is 5.92 Å². The Bertz CT molecular complexity index is 492. The maximum Gasteiger partial charge on any atom is 0.0207 e. The Kier molecular flexibility index (Phi) is 11.7. The van der Waals surface area contributed by atoms with Crippen molar-refractivity contribution in [3.63, 3.8) is 0 Å². The van der Waals surface area contributed by atoms with Crippen LogP contribution >= 0.6 is 12.2 Å². The van der Waals surface area contributed by atoms with Crippen LogP contribution in [0.3, 0.4) is 0 Å². The van der Waals surface area contributed by atoms with E-state index in [1.165, 1.54) is 41.0 Å². The fourth-order valence-electron chi connectivity index (χ4n) is 2.66. The fourth-order valence-corrected chi connectivity index (χ4v) is 2.86. The van der Waals surface area contributed by atoms with Crippen LogP contribution in [0.25, 0.3) is 0 Å². The summed E-state index contributed by atoms with van der Waals surface area (Å²) in [6.07, 6.45) is 11.1. The molecule has 2 heteroatoms. The molecule has 0 spiro atoms. The first kappa shape index (κ1) is 21.9. The lowest BCUT2D eigenvalue weighted by molar-refractivity contribution is 0.561. The van der Waals surface area contributed by atoms with Crippen LogP contribution in [0.15, 0.2) is 46.3 Å². The van der Waals surface area contributed by atoms with Gasteiger partial charge in [0.05, 0.1) is 0 Å². The molecule has 0 aromatic rings.